The van der Waals surface area contributed by atoms with Gasteiger partial charge in [-0.15, -0.1) is 0 Å². The molecule has 1 saturated heterocycles. The van der Waals surface area contributed by atoms with Gasteiger partial charge in [0.1, 0.15) is 5.60 Å². The summed E-state index contributed by atoms with van der Waals surface area (Å²) in [6.45, 7) is 6.79. The number of fused-ring (bicyclic) bond motifs is 1. The van der Waals surface area contributed by atoms with Gasteiger partial charge in [-0.05, 0) is 58.2 Å². The predicted molar refractivity (Wildman–Crippen MR) is 113 cm³/mol. The van der Waals surface area contributed by atoms with Crippen LogP contribution in [0.25, 0.3) is 11.0 Å². The highest BCUT2D eigenvalue weighted by molar-refractivity contribution is 5.99. The van der Waals surface area contributed by atoms with E-state index in [0.717, 1.165) is 32.4 Å². The zero-order valence-corrected chi connectivity index (χ0v) is 17.7. The Balaban J connectivity index is 1.62. The van der Waals surface area contributed by atoms with Gasteiger partial charge in [0, 0.05) is 18.8 Å². The second kappa shape index (κ2) is 8.83. The number of aromatic nitrogens is 2. The van der Waals surface area contributed by atoms with Crippen molar-refractivity contribution in [2.75, 3.05) is 18.4 Å². The van der Waals surface area contributed by atoms with Gasteiger partial charge in [-0.25, -0.2) is 9.78 Å². The number of imidazole rings is 1. The molecular weight excluding hydrogens is 386 g/mol. The molecule has 1 fully saturated rings. The fourth-order valence-corrected chi connectivity index (χ4v) is 3.30. The summed E-state index contributed by atoms with van der Waals surface area (Å²) in [5.74, 6) is -0.996. The molecule has 30 heavy (non-hydrogen) atoms. The van der Waals surface area contributed by atoms with Crippen LogP contribution in [0.4, 0.5) is 5.69 Å². The molecule has 2 aromatic rings. The van der Waals surface area contributed by atoms with Gasteiger partial charge in [0.15, 0.2) is 0 Å². The van der Waals surface area contributed by atoms with E-state index in [4.69, 9.17) is 10.5 Å². The molecule has 9 nitrogen and oxygen atoms in total. The third-order valence-electron chi connectivity index (χ3n) is 4.78. The van der Waals surface area contributed by atoms with Crippen molar-refractivity contribution >= 4 is 34.5 Å². The summed E-state index contributed by atoms with van der Waals surface area (Å²) in [7, 11) is 0. The highest BCUT2D eigenvalue weighted by Gasteiger charge is 2.24. The lowest BCUT2D eigenvalue weighted by atomic mass is 10.1. The molecule has 1 aliphatic rings. The van der Waals surface area contributed by atoms with E-state index in [9.17, 15) is 14.4 Å². The van der Waals surface area contributed by atoms with Crippen molar-refractivity contribution < 1.29 is 19.1 Å². The maximum absolute atomic E-state index is 12.4. The summed E-state index contributed by atoms with van der Waals surface area (Å²) >= 11 is 0. The number of nitrogens with two attached hydrogens (primary N) is 1. The van der Waals surface area contributed by atoms with E-state index in [-0.39, 0.29) is 18.2 Å². The van der Waals surface area contributed by atoms with E-state index in [1.807, 2.05) is 0 Å². The third-order valence-corrected chi connectivity index (χ3v) is 4.78. The number of hydrogen-bond donors (Lipinski definition) is 3. The van der Waals surface area contributed by atoms with Gasteiger partial charge in [0.25, 0.3) is 0 Å². The van der Waals surface area contributed by atoms with Gasteiger partial charge in [0.2, 0.25) is 17.6 Å². The van der Waals surface area contributed by atoms with E-state index in [2.05, 4.69) is 15.3 Å². The molecule has 0 radical (unpaired) electrons. The first kappa shape index (κ1) is 21.8. The number of esters is 1. The highest BCUT2D eigenvalue weighted by Crippen LogP contribution is 2.19. The average molecular weight is 415 g/mol. The minimum Gasteiger partial charge on any atom is -0.454 e. The summed E-state index contributed by atoms with van der Waals surface area (Å²) in [5.41, 5.74) is 6.96. The van der Waals surface area contributed by atoms with E-state index in [1.54, 1.807) is 43.9 Å². The van der Waals surface area contributed by atoms with Crippen molar-refractivity contribution in [1.29, 1.82) is 0 Å². The number of nitrogens with one attached hydrogen (secondary N) is 2. The van der Waals surface area contributed by atoms with Gasteiger partial charge in [0.05, 0.1) is 23.5 Å². The number of carbonyl (C=O) groups is 3. The van der Waals surface area contributed by atoms with E-state index < -0.39 is 23.5 Å². The maximum Gasteiger partial charge on any atom is 0.374 e. The summed E-state index contributed by atoms with van der Waals surface area (Å²) in [6.07, 6.45) is 3.08. The number of hydrogen-bond acceptors (Lipinski definition) is 6. The molecule has 0 bridgehead atoms. The number of benzene rings is 1. The van der Waals surface area contributed by atoms with Crippen molar-refractivity contribution in [3.8, 4) is 0 Å². The number of H-pyrrole nitrogens is 1. The second-order valence-electron chi connectivity index (χ2n) is 8.56. The fourth-order valence-electron chi connectivity index (χ4n) is 3.30. The molecule has 1 aliphatic heterocycles. The lowest BCUT2D eigenvalue weighted by Gasteiger charge is -2.27. The van der Waals surface area contributed by atoms with Gasteiger partial charge in [-0.1, -0.05) is 0 Å². The number of ether oxygens (including phenoxy) is 1. The first-order valence-corrected chi connectivity index (χ1v) is 10.2. The predicted octanol–water partition coefficient (Wildman–Crippen LogP) is 2.19. The quantitative estimate of drug-likeness (QED) is 0.642. The van der Waals surface area contributed by atoms with Crippen LogP contribution >= 0.6 is 0 Å². The number of anilines is 1. The number of piperidine rings is 1. The molecule has 1 aromatic carbocycles. The lowest BCUT2D eigenvalue weighted by Crippen LogP contribution is -2.43. The Morgan fingerprint density at radius 3 is 2.60 bits per heavy atom. The number of amides is 2. The molecule has 0 saturated carbocycles. The smallest absolute Gasteiger partial charge is 0.374 e. The topological polar surface area (TPSA) is 130 Å². The Bertz CT molecular complexity index is 941. The van der Waals surface area contributed by atoms with E-state index >= 15 is 0 Å². The number of nitrogens with zero attached hydrogens (tertiary/aromatic N) is 2. The summed E-state index contributed by atoms with van der Waals surface area (Å²) < 4.78 is 5.31. The molecule has 0 spiro atoms. The third kappa shape index (κ3) is 5.56. The Morgan fingerprint density at radius 2 is 1.93 bits per heavy atom. The Morgan fingerprint density at radius 1 is 1.23 bits per heavy atom. The van der Waals surface area contributed by atoms with Crippen LogP contribution in [0, 0.1) is 0 Å². The molecule has 1 unspecified atom stereocenters. The first-order valence-electron chi connectivity index (χ1n) is 10.2. The van der Waals surface area contributed by atoms with Crippen molar-refractivity contribution in [1.82, 2.24) is 14.9 Å². The zero-order valence-electron chi connectivity index (χ0n) is 17.7. The summed E-state index contributed by atoms with van der Waals surface area (Å²) in [5, 5.41) is 2.72. The van der Waals surface area contributed by atoms with Crippen LogP contribution in [-0.4, -0.2) is 57.4 Å². The first-order chi connectivity index (χ1) is 14.1. The molecule has 3 rings (SSSR count). The van der Waals surface area contributed by atoms with Crippen molar-refractivity contribution in [2.45, 2.75) is 58.1 Å². The molecule has 0 aliphatic carbocycles. The standard InChI is InChI=1S/C21H29N5O4/c1-21(2,3)30-20(29)18-24-15-8-7-13(11-16(15)25-18)23-19(28)14(22)12-17(27)26-9-5-4-6-10-26/h7-8,11,14H,4-6,9-10,12,22H2,1-3H3,(H,23,28)(H,24,25). The number of likely N-dealkylation sites (tertiary alicyclic amines) is 1. The summed E-state index contributed by atoms with van der Waals surface area (Å²) in [6, 6.07) is 4.07. The molecule has 4 N–H and O–H groups in total. The molecule has 2 amide bonds. The lowest BCUT2D eigenvalue weighted by molar-refractivity contribution is -0.134. The molecule has 1 atom stereocenters. The Kier molecular flexibility index (Phi) is 6.40. The fraction of sp³-hybridized carbons (Fsp3) is 0.524. The normalized spacial score (nSPS) is 15.7. The summed E-state index contributed by atoms with van der Waals surface area (Å²) in [4.78, 5) is 45.8. The minimum absolute atomic E-state index is 0.0269. The second-order valence-corrected chi connectivity index (χ2v) is 8.56. The van der Waals surface area contributed by atoms with E-state index in [0.29, 0.717) is 16.7 Å². The molecule has 162 valence electrons. The molecule has 9 heteroatoms. The number of rotatable bonds is 5. The van der Waals surface area contributed by atoms with Crippen molar-refractivity contribution in [3.63, 3.8) is 0 Å². The van der Waals surface area contributed by atoms with Gasteiger partial charge < -0.3 is 25.7 Å². The van der Waals surface area contributed by atoms with Crippen LogP contribution in [0.1, 0.15) is 57.1 Å². The molecule has 2 heterocycles. The molecular formula is C21H29N5O4. The minimum atomic E-state index is -0.936. The largest absolute Gasteiger partial charge is 0.454 e. The van der Waals surface area contributed by atoms with Gasteiger partial charge >= 0.3 is 5.97 Å². The monoisotopic (exact) mass is 415 g/mol. The van der Waals surface area contributed by atoms with Crippen LogP contribution in [0.15, 0.2) is 18.2 Å². The van der Waals surface area contributed by atoms with Gasteiger partial charge in [-0.2, -0.15) is 0 Å². The number of aromatic amines is 1. The zero-order chi connectivity index (χ0) is 21.9. The van der Waals surface area contributed by atoms with Gasteiger partial charge in [-0.3, -0.25) is 9.59 Å². The van der Waals surface area contributed by atoms with E-state index in [1.165, 1.54) is 0 Å². The van der Waals surface area contributed by atoms with Crippen LogP contribution in [0.5, 0.6) is 0 Å². The highest BCUT2D eigenvalue weighted by atomic mass is 16.6. The van der Waals surface area contributed by atoms with Crippen LogP contribution in [-0.2, 0) is 14.3 Å². The number of carbonyl (C=O) groups excluding carboxylic acids is 3. The Labute approximate surface area is 175 Å². The van der Waals surface area contributed by atoms with Crippen LogP contribution in [0.3, 0.4) is 0 Å². The van der Waals surface area contributed by atoms with Crippen molar-refractivity contribution in [3.05, 3.63) is 24.0 Å². The van der Waals surface area contributed by atoms with Crippen LogP contribution < -0.4 is 11.1 Å². The maximum atomic E-state index is 12.4. The van der Waals surface area contributed by atoms with Crippen molar-refractivity contribution in [2.24, 2.45) is 5.73 Å². The van der Waals surface area contributed by atoms with Crippen LogP contribution in [0.2, 0.25) is 0 Å². The Hall–Kier alpha value is -2.94. The SMILES string of the molecule is CC(C)(C)OC(=O)c1nc2ccc(NC(=O)C(N)CC(=O)N3CCCCC3)cc2[nH]1. The molecule has 1 aromatic heterocycles. The average Bonchev–Trinajstić information content (AvgIpc) is 3.11.